The van der Waals surface area contributed by atoms with Gasteiger partial charge < -0.3 is 15.8 Å². The Balaban J connectivity index is 1.96. The van der Waals surface area contributed by atoms with Crippen LogP contribution in [0.15, 0.2) is 24.3 Å². The van der Waals surface area contributed by atoms with Crippen molar-refractivity contribution in [1.29, 1.82) is 0 Å². The number of nitrogens with one attached hydrogen (secondary N) is 1. The van der Waals surface area contributed by atoms with E-state index in [0.29, 0.717) is 17.9 Å². The maximum Gasteiger partial charge on any atom is 0.250 e. The molecule has 1 aromatic rings. The van der Waals surface area contributed by atoms with Crippen molar-refractivity contribution in [1.82, 2.24) is 4.90 Å². The summed E-state index contributed by atoms with van der Waals surface area (Å²) in [6, 6.07) is 6.72. The van der Waals surface area contributed by atoms with Crippen molar-refractivity contribution < 1.29 is 14.3 Å². The van der Waals surface area contributed by atoms with Crippen molar-refractivity contribution in [2.24, 2.45) is 5.73 Å². The van der Waals surface area contributed by atoms with Crippen molar-refractivity contribution in [3.8, 4) is 0 Å². The van der Waals surface area contributed by atoms with E-state index in [0.717, 1.165) is 13.1 Å². The quantitative estimate of drug-likeness (QED) is 0.836. The minimum Gasteiger partial charge on any atom is -0.376 e. The molecular weight excluding hydrogens is 258 g/mol. The fourth-order valence-corrected chi connectivity index (χ4v) is 2.23. The van der Waals surface area contributed by atoms with E-state index in [1.807, 2.05) is 11.8 Å². The van der Waals surface area contributed by atoms with Gasteiger partial charge in [0.1, 0.15) is 0 Å². The van der Waals surface area contributed by atoms with Gasteiger partial charge in [-0.15, -0.1) is 0 Å². The lowest BCUT2D eigenvalue weighted by atomic mass is 10.1. The summed E-state index contributed by atoms with van der Waals surface area (Å²) in [5, 5.41) is 2.73. The van der Waals surface area contributed by atoms with Crippen molar-refractivity contribution in [2.75, 3.05) is 31.6 Å². The molecule has 1 aromatic carbocycles. The number of rotatable bonds is 4. The van der Waals surface area contributed by atoms with Crippen LogP contribution in [0.1, 0.15) is 17.3 Å². The van der Waals surface area contributed by atoms with Crippen LogP contribution in [-0.4, -0.2) is 49.1 Å². The number of morpholine rings is 1. The van der Waals surface area contributed by atoms with Crippen LogP contribution in [0.25, 0.3) is 0 Å². The molecule has 108 valence electrons. The van der Waals surface area contributed by atoms with Crippen LogP contribution >= 0.6 is 0 Å². The van der Waals surface area contributed by atoms with Crippen LogP contribution in [-0.2, 0) is 9.53 Å². The molecule has 0 spiro atoms. The van der Waals surface area contributed by atoms with E-state index in [2.05, 4.69) is 5.32 Å². The Morgan fingerprint density at radius 1 is 1.45 bits per heavy atom. The molecule has 2 rings (SSSR count). The Hall–Kier alpha value is -1.92. The zero-order valence-electron chi connectivity index (χ0n) is 11.5. The molecule has 0 aromatic heterocycles. The fourth-order valence-electron chi connectivity index (χ4n) is 2.23. The zero-order chi connectivity index (χ0) is 14.5. The first-order chi connectivity index (χ1) is 9.56. The largest absolute Gasteiger partial charge is 0.376 e. The number of nitrogens with two attached hydrogens (primary N) is 1. The van der Waals surface area contributed by atoms with Crippen LogP contribution in [0.5, 0.6) is 0 Å². The smallest absolute Gasteiger partial charge is 0.250 e. The third-order valence-corrected chi connectivity index (χ3v) is 3.16. The molecular formula is C14H19N3O3. The number of para-hydroxylation sites is 1. The third-order valence-electron chi connectivity index (χ3n) is 3.16. The molecule has 6 nitrogen and oxygen atoms in total. The van der Waals surface area contributed by atoms with Crippen LogP contribution in [0.3, 0.4) is 0 Å². The average Bonchev–Trinajstić information content (AvgIpc) is 2.38. The fraction of sp³-hybridized carbons (Fsp3) is 0.429. The molecule has 1 unspecified atom stereocenters. The number of anilines is 1. The van der Waals surface area contributed by atoms with Gasteiger partial charge >= 0.3 is 0 Å². The summed E-state index contributed by atoms with van der Waals surface area (Å²) in [4.78, 5) is 25.3. The molecule has 3 N–H and O–H groups in total. The lowest BCUT2D eigenvalue weighted by Gasteiger charge is -2.30. The number of nitrogens with zero attached hydrogens (tertiary/aromatic N) is 1. The minimum absolute atomic E-state index is 0.134. The van der Waals surface area contributed by atoms with Gasteiger partial charge in [-0.25, -0.2) is 0 Å². The predicted molar refractivity (Wildman–Crippen MR) is 75.4 cm³/mol. The summed E-state index contributed by atoms with van der Waals surface area (Å²) in [6.45, 7) is 4.35. The molecule has 1 saturated heterocycles. The molecule has 2 amide bonds. The standard InChI is InChI=1S/C14H19N3O3/c1-10-8-17(6-7-20-10)9-13(18)16-12-5-3-2-4-11(12)14(15)19/h2-5,10H,6-9H2,1H3,(H2,15,19)(H,16,18). The van der Waals surface area contributed by atoms with E-state index >= 15 is 0 Å². The van der Waals surface area contributed by atoms with Gasteiger partial charge in [-0.2, -0.15) is 0 Å². The maximum atomic E-state index is 12.0. The van der Waals surface area contributed by atoms with Crippen LogP contribution in [0.2, 0.25) is 0 Å². The summed E-state index contributed by atoms with van der Waals surface area (Å²) in [6.07, 6.45) is 0.134. The highest BCUT2D eigenvalue weighted by Crippen LogP contribution is 2.14. The Morgan fingerprint density at radius 3 is 2.90 bits per heavy atom. The number of carbonyl (C=O) groups excluding carboxylic acids is 2. The highest BCUT2D eigenvalue weighted by Gasteiger charge is 2.19. The SMILES string of the molecule is CC1CN(CC(=O)Nc2ccccc2C(N)=O)CCO1. The molecule has 20 heavy (non-hydrogen) atoms. The van der Waals surface area contributed by atoms with E-state index in [4.69, 9.17) is 10.5 Å². The van der Waals surface area contributed by atoms with Gasteiger partial charge in [0.25, 0.3) is 5.91 Å². The number of benzene rings is 1. The summed E-state index contributed by atoms with van der Waals surface area (Å²) < 4.78 is 5.42. The first-order valence-electron chi connectivity index (χ1n) is 6.59. The Labute approximate surface area is 117 Å². The Bertz CT molecular complexity index is 504. The topological polar surface area (TPSA) is 84.7 Å². The highest BCUT2D eigenvalue weighted by molar-refractivity contribution is 6.03. The molecule has 6 heteroatoms. The number of primary amides is 1. The van der Waals surface area contributed by atoms with Crippen molar-refractivity contribution in [3.63, 3.8) is 0 Å². The normalized spacial score (nSPS) is 19.6. The summed E-state index contributed by atoms with van der Waals surface area (Å²) in [5.41, 5.74) is 6.04. The second-order valence-electron chi connectivity index (χ2n) is 4.87. The molecule has 1 fully saturated rings. The number of amides is 2. The van der Waals surface area contributed by atoms with Crippen LogP contribution in [0.4, 0.5) is 5.69 Å². The average molecular weight is 277 g/mol. The monoisotopic (exact) mass is 277 g/mol. The summed E-state index contributed by atoms with van der Waals surface area (Å²) in [7, 11) is 0. The molecule has 1 aliphatic rings. The first-order valence-corrected chi connectivity index (χ1v) is 6.59. The highest BCUT2D eigenvalue weighted by atomic mass is 16.5. The van der Waals surface area contributed by atoms with Gasteiger partial charge in [-0.1, -0.05) is 12.1 Å². The summed E-state index contributed by atoms with van der Waals surface area (Å²) in [5.74, 6) is -0.714. The molecule has 1 aliphatic heterocycles. The third kappa shape index (κ3) is 3.79. The zero-order valence-corrected chi connectivity index (χ0v) is 11.5. The van der Waals surface area contributed by atoms with Gasteiger partial charge in [0.15, 0.2) is 0 Å². The maximum absolute atomic E-state index is 12.0. The second kappa shape index (κ2) is 6.49. The van der Waals surface area contributed by atoms with E-state index < -0.39 is 5.91 Å². The Kier molecular flexibility index (Phi) is 4.70. The molecule has 1 atom stereocenters. The van der Waals surface area contributed by atoms with Crippen molar-refractivity contribution in [3.05, 3.63) is 29.8 Å². The number of hydrogen-bond acceptors (Lipinski definition) is 4. The number of hydrogen-bond donors (Lipinski definition) is 2. The predicted octanol–water partition coefficient (Wildman–Crippen LogP) is 0.445. The lowest BCUT2D eigenvalue weighted by molar-refractivity contribution is -0.119. The van der Waals surface area contributed by atoms with Crippen molar-refractivity contribution in [2.45, 2.75) is 13.0 Å². The van der Waals surface area contributed by atoms with Crippen molar-refractivity contribution >= 4 is 17.5 Å². The molecule has 0 aliphatic carbocycles. The lowest BCUT2D eigenvalue weighted by Crippen LogP contribution is -2.44. The van der Waals surface area contributed by atoms with Gasteiger partial charge in [0.05, 0.1) is 30.5 Å². The van der Waals surface area contributed by atoms with Crippen LogP contribution in [0, 0.1) is 0 Å². The molecule has 1 heterocycles. The van der Waals surface area contributed by atoms with Gasteiger partial charge in [-0.05, 0) is 19.1 Å². The van der Waals surface area contributed by atoms with E-state index in [1.54, 1.807) is 24.3 Å². The van der Waals surface area contributed by atoms with Gasteiger partial charge in [0, 0.05) is 13.1 Å². The van der Waals surface area contributed by atoms with E-state index in [1.165, 1.54) is 0 Å². The van der Waals surface area contributed by atoms with E-state index in [-0.39, 0.29) is 18.6 Å². The van der Waals surface area contributed by atoms with Gasteiger partial charge in [0.2, 0.25) is 5.91 Å². The molecule has 0 bridgehead atoms. The van der Waals surface area contributed by atoms with Gasteiger partial charge in [-0.3, -0.25) is 14.5 Å². The summed E-state index contributed by atoms with van der Waals surface area (Å²) >= 11 is 0. The first kappa shape index (κ1) is 14.5. The molecule has 0 radical (unpaired) electrons. The number of ether oxygens (including phenoxy) is 1. The van der Waals surface area contributed by atoms with E-state index in [9.17, 15) is 9.59 Å². The number of carbonyl (C=O) groups is 2. The minimum atomic E-state index is -0.555. The Morgan fingerprint density at radius 2 is 2.20 bits per heavy atom. The van der Waals surface area contributed by atoms with Crippen LogP contribution < -0.4 is 11.1 Å². The second-order valence-corrected chi connectivity index (χ2v) is 4.87. The molecule has 0 saturated carbocycles.